The zero-order chi connectivity index (χ0) is 23.1. The number of benzene rings is 1. The van der Waals surface area contributed by atoms with Crippen LogP contribution in [0.25, 0.3) is 10.4 Å². The Morgan fingerprint density at radius 3 is 2.29 bits per heavy atom. The maximum absolute atomic E-state index is 11.7. The van der Waals surface area contributed by atoms with E-state index in [2.05, 4.69) is 10.0 Å². The summed E-state index contributed by atoms with van der Waals surface area (Å²) in [7, 11) is 0. The largest absolute Gasteiger partial charge is 0.463 e. The first-order valence-electron chi connectivity index (χ1n) is 8.91. The predicted molar refractivity (Wildman–Crippen MR) is 112 cm³/mol. The third-order valence-corrected chi connectivity index (χ3v) is 5.88. The molecule has 0 spiro atoms. The summed E-state index contributed by atoms with van der Waals surface area (Å²) >= 11 is 13.1. The number of halogens is 2. The molecule has 0 bridgehead atoms. The average molecular weight is 492 g/mol. The van der Waals surface area contributed by atoms with Crippen molar-refractivity contribution in [1.82, 2.24) is 0 Å². The highest BCUT2D eigenvalue weighted by atomic mass is 35.5. The molecule has 0 saturated carbocycles. The maximum atomic E-state index is 11.7. The molecule has 1 saturated heterocycles. The average Bonchev–Trinajstić information content (AvgIpc) is 2.67. The molecule has 0 radical (unpaired) electrons. The van der Waals surface area contributed by atoms with Crippen molar-refractivity contribution in [3.8, 4) is 0 Å². The van der Waals surface area contributed by atoms with Gasteiger partial charge in [0.05, 0.1) is 10.0 Å². The van der Waals surface area contributed by atoms with Crippen LogP contribution in [-0.2, 0) is 33.3 Å². The van der Waals surface area contributed by atoms with E-state index in [4.69, 9.17) is 47.7 Å². The van der Waals surface area contributed by atoms with Gasteiger partial charge in [-0.25, -0.2) is 0 Å². The van der Waals surface area contributed by atoms with Crippen molar-refractivity contribution >= 4 is 52.9 Å². The molecule has 5 atom stereocenters. The second-order valence-corrected chi connectivity index (χ2v) is 8.37. The number of nitrogens with zero attached hydrogens (tertiary/aromatic N) is 3. The van der Waals surface area contributed by atoms with E-state index in [0.717, 1.165) is 18.7 Å². The lowest BCUT2D eigenvalue weighted by Crippen LogP contribution is -2.59. The molecule has 10 nitrogen and oxygen atoms in total. The Balaban J connectivity index is 2.44. The number of hydrogen-bond acceptors (Lipinski definition) is 9. The van der Waals surface area contributed by atoms with Crippen LogP contribution in [0.1, 0.15) is 20.8 Å². The third kappa shape index (κ3) is 7.19. The minimum Gasteiger partial charge on any atom is -0.463 e. The molecule has 13 heteroatoms. The molecule has 0 aromatic heterocycles. The topological polar surface area (TPSA) is 137 Å². The quantitative estimate of drug-likeness (QED) is 0.184. The third-order valence-electron chi connectivity index (χ3n) is 4.00. The zero-order valence-corrected chi connectivity index (χ0v) is 19.0. The molecule has 168 valence electrons. The van der Waals surface area contributed by atoms with E-state index >= 15 is 0 Å². The molecule has 1 fully saturated rings. The van der Waals surface area contributed by atoms with Gasteiger partial charge in [-0.05, 0) is 23.7 Å². The second-order valence-electron chi connectivity index (χ2n) is 6.38. The Bertz CT molecular complexity index is 897. The van der Waals surface area contributed by atoms with Gasteiger partial charge in [0.15, 0.2) is 0 Å². The highest BCUT2D eigenvalue weighted by molar-refractivity contribution is 7.99. The molecule has 1 unspecified atom stereocenters. The lowest BCUT2D eigenvalue weighted by atomic mass is 9.97. The van der Waals surface area contributed by atoms with E-state index < -0.39 is 47.7 Å². The molecule has 31 heavy (non-hydrogen) atoms. The van der Waals surface area contributed by atoms with Crippen LogP contribution < -0.4 is 0 Å². The van der Waals surface area contributed by atoms with Gasteiger partial charge in [-0.15, -0.1) is 0 Å². The van der Waals surface area contributed by atoms with Crippen molar-refractivity contribution in [2.75, 3.05) is 6.61 Å². The standard InChI is InChI=1S/C18H19Cl2N3O7S/c1-8(24)27-7-14-16(28-9(2)25)15(22-23-21)17(29-10(3)26)18(30-14)31-11-4-5-12(19)13(20)6-11/h4-6,14-18H,7H2,1-3H3/t14-,15?,16+,17-,18-/m1/s1. The molecule has 1 heterocycles. The minimum atomic E-state index is -1.16. The summed E-state index contributed by atoms with van der Waals surface area (Å²) < 4.78 is 21.7. The Morgan fingerprint density at radius 1 is 1.10 bits per heavy atom. The number of thioether (sulfide) groups is 1. The van der Waals surface area contributed by atoms with Crippen LogP contribution in [0, 0.1) is 0 Å². The molecule has 1 aliphatic heterocycles. The van der Waals surface area contributed by atoms with Crippen molar-refractivity contribution in [3.05, 3.63) is 38.7 Å². The van der Waals surface area contributed by atoms with Crippen LogP contribution in [-0.4, -0.2) is 54.3 Å². The highest BCUT2D eigenvalue weighted by Gasteiger charge is 2.50. The Labute approximate surface area is 192 Å². The van der Waals surface area contributed by atoms with E-state index in [-0.39, 0.29) is 6.61 Å². The molecule has 1 aromatic rings. The van der Waals surface area contributed by atoms with Crippen LogP contribution >= 0.6 is 35.0 Å². The van der Waals surface area contributed by atoms with Gasteiger partial charge in [0.25, 0.3) is 0 Å². The normalized spacial score (nSPS) is 25.1. The zero-order valence-electron chi connectivity index (χ0n) is 16.7. The molecule has 0 aliphatic carbocycles. The lowest BCUT2D eigenvalue weighted by molar-refractivity contribution is -0.201. The number of rotatable bonds is 7. The first-order valence-corrected chi connectivity index (χ1v) is 10.5. The van der Waals surface area contributed by atoms with Crippen molar-refractivity contribution < 1.29 is 33.3 Å². The second kappa shape index (κ2) is 11.4. The van der Waals surface area contributed by atoms with Gasteiger partial charge in [-0.2, -0.15) is 0 Å². The van der Waals surface area contributed by atoms with Crippen LogP contribution in [0.15, 0.2) is 28.2 Å². The van der Waals surface area contributed by atoms with Crippen LogP contribution in [0.2, 0.25) is 10.0 Å². The molecule has 2 rings (SSSR count). The molecular weight excluding hydrogens is 473 g/mol. The number of ether oxygens (including phenoxy) is 4. The first kappa shape index (κ1) is 25.1. The van der Waals surface area contributed by atoms with Crippen LogP contribution in [0.5, 0.6) is 0 Å². The van der Waals surface area contributed by atoms with Gasteiger partial charge in [0.2, 0.25) is 0 Å². The summed E-state index contributed by atoms with van der Waals surface area (Å²) in [6, 6.07) is 3.70. The monoisotopic (exact) mass is 491 g/mol. The minimum absolute atomic E-state index is 0.282. The Morgan fingerprint density at radius 2 is 1.74 bits per heavy atom. The van der Waals surface area contributed by atoms with Crippen molar-refractivity contribution in [2.24, 2.45) is 5.11 Å². The summed E-state index contributed by atoms with van der Waals surface area (Å²) in [6.07, 6.45) is -3.27. The fourth-order valence-electron chi connectivity index (χ4n) is 2.85. The smallest absolute Gasteiger partial charge is 0.303 e. The molecule has 0 N–H and O–H groups in total. The molecular formula is C18H19Cl2N3O7S. The van der Waals surface area contributed by atoms with Gasteiger partial charge in [0.1, 0.15) is 36.4 Å². The molecule has 1 aliphatic rings. The predicted octanol–water partition coefficient (Wildman–Crippen LogP) is 3.92. The van der Waals surface area contributed by atoms with E-state index in [1.54, 1.807) is 18.2 Å². The summed E-state index contributed by atoms with van der Waals surface area (Å²) in [5.41, 5.74) is 8.17. The van der Waals surface area contributed by atoms with Crippen LogP contribution in [0.4, 0.5) is 0 Å². The van der Waals surface area contributed by atoms with Crippen molar-refractivity contribution in [1.29, 1.82) is 0 Å². The first-order chi connectivity index (χ1) is 14.6. The maximum Gasteiger partial charge on any atom is 0.303 e. The number of hydrogen-bond donors (Lipinski definition) is 0. The van der Waals surface area contributed by atoms with Crippen molar-refractivity contribution in [3.63, 3.8) is 0 Å². The number of carbonyl (C=O) groups excluding carboxylic acids is 3. The van der Waals surface area contributed by atoms with E-state index in [1.165, 1.54) is 13.8 Å². The van der Waals surface area contributed by atoms with Crippen LogP contribution in [0.3, 0.4) is 0 Å². The van der Waals surface area contributed by atoms with Gasteiger partial charge in [0, 0.05) is 30.6 Å². The van der Waals surface area contributed by atoms with E-state index in [9.17, 15) is 14.4 Å². The SMILES string of the molecule is CC(=O)OC[C@H]1O[C@H](Sc2ccc(Cl)c(Cl)c2)[C@H](OC(C)=O)C(N=[N+]=[N-])[C@H]1OC(C)=O. The number of esters is 3. The Kier molecular flexibility index (Phi) is 9.27. The van der Waals surface area contributed by atoms with Gasteiger partial charge in [-0.3, -0.25) is 14.4 Å². The molecule has 1 aromatic carbocycles. The van der Waals surface area contributed by atoms with Gasteiger partial charge in [-0.1, -0.05) is 40.1 Å². The fraction of sp³-hybridized carbons (Fsp3) is 0.500. The van der Waals surface area contributed by atoms with E-state index in [0.29, 0.717) is 14.9 Å². The summed E-state index contributed by atoms with van der Waals surface area (Å²) in [5, 5.41) is 4.35. The van der Waals surface area contributed by atoms with Crippen molar-refractivity contribution in [2.45, 2.75) is 55.5 Å². The van der Waals surface area contributed by atoms with E-state index in [1.807, 2.05) is 0 Å². The number of carbonyl (C=O) groups is 3. The highest BCUT2D eigenvalue weighted by Crippen LogP contribution is 2.39. The Hall–Kier alpha value is -2.17. The van der Waals surface area contributed by atoms with Gasteiger partial charge >= 0.3 is 17.9 Å². The van der Waals surface area contributed by atoms with Gasteiger partial charge < -0.3 is 18.9 Å². The molecule has 0 amide bonds. The number of azide groups is 1. The summed E-state index contributed by atoms with van der Waals surface area (Å²) in [5.74, 6) is -1.93. The fourth-order valence-corrected chi connectivity index (χ4v) is 4.37. The summed E-state index contributed by atoms with van der Waals surface area (Å²) in [6.45, 7) is 3.27. The lowest BCUT2D eigenvalue weighted by Gasteiger charge is -2.43. The summed E-state index contributed by atoms with van der Waals surface area (Å²) in [4.78, 5) is 38.1.